The molecular formula is C9H9BrCl2N2O4S. The summed E-state index contributed by atoms with van der Waals surface area (Å²) in [6.07, 6.45) is -1.64. The molecule has 6 nitrogen and oxygen atoms in total. The number of carbonyl (C=O) groups excluding carboxylic acids is 1. The van der Waals surface area contributed by atoms with Gasteiger partial charge in [-0.05, 0) is 12.1 Å². The van der Waals surface area contributed by atoms with Crippen molar-refractivity contribution in [2.24, 2.45) is 5.73 Å². The fraction of sp³-hybridized carbons (Fsp3) is 0.222. The fourth-order valence-corrected chi connectivity index (χ4v) is 4.12. The lowest BCUT2D eigenvalue weighted by Gasteiger charge is -2.12. The largest absolute Gasteiger partial charge is 0.382 e. The fourth-order valence-electron chi connectivity index (χ4n) is 1.15. The molecule has 1 atom stereocenters. The zero-order valence-corrected chi connectivity index (χ0v) is 13.1. The van der Waals surface area contributed by atoms with Crippen LogP contribution in [0.1, 0.15) is 0 Å². The molecule has 0 aliphatic heterocycles. The van der Waals surface area contributed by atoms with Gasteiger partial charge in [-0.1, -0.05) is 39.1 Å². The molecule has 106 valence electrons. The van der Waals surface area contributed by atoms with Gasteiger partial charge in [-0.3, -0.25) is 4.79 Å². The number of halogens is 3. The maximum atomic E-state index is 12.0. The molecule has 19 heavy (non-hydrogen) atoms. The van der Waals surface area contributed by atoms with Crippen molar-refractivity contribution in [2.75, 3.05) is 6.54 Å². The number of carbonyl (C=O) groups is 1. The number of aliphatic hydroxyl groups excluding tert-OH is 1. The first kappa shape index (κ1) is 16.7. The Kier molecular flexibility index (Phi) is 5.60. The predicted octanol–water partition coefficient (Wildman–Crippen LogP) is 0.880. The summed E-state index contributed by atoms with van der Waals surface area (Å²) >= 11 is 14.7. The number of rotatable bonds is 5. The number of sulfonamides is 1. The second-order valence-corrected chi connectivity index (χ2v) is 6.90. The number of nitrogens with one attached hydrogen (secondary N) is 1. The average Bonchev–Trinajstić information content (AvgIpc) is 2.23. The third-order valence-corrected chi connectivity index (χ3v) is 4.83. The van der Waals surface area contributed by atoms with Gasteiger partial charge < -0.3 is 10.8 Å². The smallest absolute Gasteiger partial charge is 0.247 e. The molecule has 0 bridgehead atoms. The number of aliphatic hydroxyl groups is 1. The van der Waals surface area contributed by atoms with Gasteiger partial charge in [0.25, 0.3) is 0 Å². The van der Waals surface area contributed by atoms with Crippen LogP contribution in [-0.2, 0) is 14.8 Å². The maximum absolute atomic E-state index is 12.0. The third kappa shape index (κ3) is 4.30. The molecule has 0 spiro atoms. The number of benzene rings is 1. The van der Waals surface area contributed by atoms with Crippen LogP contribution in [0.3, 0.4) is 0 Å². The van der Waals surface area contributed by atoms with Crippen molar-refractivity contribution < 1.29 is 18.3 Å². The zero-order chi connectivity index (χ0) is 14.8. The zero-order valence-electron chi connectivity index (χ0n) is 9.23. The molecular weight excluding hydrogens is 383 g/mol. The molecule has 0 aromatic heterocycles. The molecule has 0 aliphatic carbocycles. The number of hydrogen-bond donors (Lipinski definition) is 3. The Bertz CT molecular complexity index is 585. The van der Waals surface area contributed by atoms with Crippen molar-refractivity contribution in [3.63, 3.8) is 0 Å². The van der Waals surface area contributed by atoms with Crippen LogP contribution in [0.5, 0.6) is 0 Å². The standard InChI is InChI=1S/C9H9BrCl2N2O4S/c10-4-1-5(11)8(6(12)2-4)19(17,18)14-3-7(15)9(13)16/h1-2,7,14-15H,3H2,(H2,13,16). The van der Waals surface area contributed by atoms with E-state index in [1.165, 1.54) is 12.1 Å². The highest BCUT2D eigenvalue weighted by Gasteiger charge is 2.24. The SMILES string of the molecule is NC(=O)C(O)CNS(=O)(=O)c1c(Cl)cc(Br)cc1Cl. The summed E-state index contributed by atoms with van der Waals surface area (Å²) in [5.41, 5.74) is 4.80. The Morgan fingerprint density at radius 1 is 1.42 bits per heavy atom. The summed E-state index contributed by atoms with van der Waals surface area (Å²) in [4.78, 5) is 10.3. The van der Waals surface area contributed by atoms with Crippen molar-refractivity contribution in [1.29, 1.82) is 0 Å². The van der Waals surface area contributed by atoms with E-state index in [0.29, 0.717) is 4.47 Å². The van der Waals surface area contributed by atoms with Crippen LogP contribution in [0.2, 0.25) is 10.0 Å². The summed E-state index contributed by atoms with van der Waals surface area (Å²) in [5.74, 6) is -1.05. The molecule has 0 saturated heterocycles. The van der Waals surface area contributed by atoms with Crippen molar-refractivity contribution >= 4 is 55.1 Å². The second kappa shape index (κ2) is 6.38. The Hall–Kier alpha value is -0.380. The van der Waals surface area contributed by atoms with Crippen LogP contribution in [0, 0.1) is 0 Å². The monoisotopic (exact) mass is 390 g/mol. The van der Waals surface area contributed by atoms with Crippen molar-refractivity contribution in [2.45, 2.75) is 11.0 Å². The predicted molar refractivity (Wildman–Crippen MR) is 74.6 cm³/mol. The van der Waals surface area contributed by atoms with Crippen molar-refractivity contribution in [1.82, 2.24) is 4.72 Å². The average molecular weight is 392 g/mol. The quantitative estimate of drug-likeness (QED) is 0.691. The molecule has 0 fully saturated rings. The number of nitrogens with two attached hydrogens (primary N) is 1. The Labute approximate surface area is 128 Å². The van der Waals surface area contributed by atoms with Crippen LogP contribution in [-0.4, -0.2) is 32.1 Å². The molecule has 4 N–H and O–H groups in total. The Balaban J connectivity index is 3.05. The second-order valence-electron chi connectivity index (χ2n) is 3.47. The van der Waals surface area contributed by atoms with E-state index in [4.69, 9.17) is 34.0 Å². The van der Waals surface area contributed by atoms with E-state index >= 15 is 0 Å². The third-order valence-electron chi connectivity index (χ3n) is 2.03. The van der Waals surface area contributed by atoms with E-state index in [2.05, 4.69) is 15.9 Å². The lowest BCUT2D eigenvalue weighted by atomic mass is 10.3. The van der Waals surface area contributed by atoms with Gasteiger partial charge in [0, 0.05) is 11.0 Å². The highest BCUT2D eigenvalue weighted by molar-refractivity contribution is 9.10. The van der Waals surface area contributed by atoms with Crippen LogP contribution >= 0.6 is 39.1 Å². The summed E-state index contributed by atoms with van der Waals surface area (Å²) in [6, 6.07) is 2.71. The Morgan fingerprint density at radius 3 is 2.32 bits per heavy atom. The van der Waals surface area contributed by atoms with E-state index in [0.717, 1.165) is 0 Å². The first-order valence-electron chi connectivity index (χ1n) is 4.76. The van der Waals surface area contributed by atoms with Gasteiger partial charge in [-0.2, -0.15) is 0 Å². The molecule has 1 unspecified atom stereocenters. The molecule has 0 heterocycles. The van der Waals surface area contributed by atoms with Gasteiger partial charge in [0.2, 0.25) is 15.9 Å². The van der Waals surface area contributed by atoms with Crippen LogP contribution < -0.4 is 10.5 Å². The minimum absolute atomic E-state index is 0.0968. The molecule has 0 saturated carbocycles. The van der Waals surface area contributed by atoms with E-state index < -0.39 is 28.6 Å². The van der Waals surface area contributed by atoms with Gasteiger partial charge in [0.05, 0.1) is 10.0 Å². The number of primary amides is 1. The van der Waals surface area contributed by atoms with Crippen molar-refractivity contribution in [3.8, 4) is 0 Å². The molecule has 1 amide bonds. The number of hydrogen-bond acceptors (Lipinski definition) is 4. The van der Waals surface area contributed by atoms with Gasteiger partial charge in [-0.15, -0.1) is 0 Å². The van der Waals surface area contributed by atoms with E-state index in [1.54, 1.807) is 0 Å². The van der Waals surface area contributed by atoms with Crippen LogP contribution in [0.4, 0.5) is 0 Å². The maximum Gasteiger partial charge on any atom is 0.247 e. The molecule has 10 heteroatoms. The topological polar surface area (TPSA) is 109 Å². The van der Waals surface area contributed by atoms with Gasteiger partial charge in [-0.25, -0.2) is 13.1 Å². The summed E-state index contributed by atoms with van der Waals surface area (Å²) in [7, 11) is -4.07. The van der Waals surface area contributed by atoms with Crippen molar-refractivity contribution in [3.05, 3.63) is 26.7 Å². The highest BCUT2D eigenvalue weighted by atomic mass is 79.9. The lowest BCUT2D eigenvalue weighted by molar-refractivity contribution is -0.125. The molecule has 1 aromatic carbocycles. The molecule has 0 aliphatic rings. The van der Waals surface area contributed by atoms with Gasteiger partial charge in [0.15, 0.2) is 0 Å². The minimum Gasteiger partial charge on any atom is -0.382 e. The Morgan fingerprint density at radius 2 is 1.89 bits per heavy atom. The first-order valence-corrected chi connectivity index (χ1v) is 7.80. The first-order chi connectivity index (χ1) is 8.65. The van der Waals surface area contributed by atoms with Gasteiger partial charge >= 0.3 is 0 Å². The summed E-state index contributed by atoms with van der Waals surface area (Å²) < 4.78 is 26.4. The molecule has 0 radical (unpaired) electrons. The minimum atomic E-state index is -4.07. The van der Waals surface area contributed by atoms with Gasteiger partial charge in [0.1, 0.15) is 11.0 Å². The molecule has 1 aromatic rings. The van der Waals surface area contributed by atoms with E-state index in [-0.39, 0.29) is 14.9 Å². The lowest BCUT2D eigenvalue weighted by Crippen LogP contribution is -2.40. The normalized spacial score (nSPS) is 13.3. The van der Waals surface area contributed by atoms with E-state index in [9.17, 15) is 13.2 Å². The summed E-state index contributed by atoms with van der Waals surface area (Å²) in [6.45, 7) is -0.569. The summed E-state index contributed by atoms with van der Waals surface area (Å²) in [5, 5.41) is 8.95. The van der Waals surface area contributed by atoms with Crippen LogP contribution in [0.25, 0.3) is 0 Å². The van der Waals surface area contributed by atoms with E-state index in [1.807, 2.05) is 4.72 Å². The number of amides is 1. The molecule has 1 rings (SSSR count). The van der Waals surface area contributed by atoms with Crippen LogP contribution in [0.15, 0.2) is 21.5 Å². The highest BCUT2D eigenvalue weighted by Crippen LogP contribution is 2.32.